The van der Waals surface area contributed by atoms with Crippen molar-refractivity contribution in [1.29, 1.82) is 0 Å². The second-order valence-electron chi connectivity index (χ2n) is 5.78. The molecule has 0 unspecified atom stereocenters. The van der Waals surface area contributed by atoms with Gasteiger partial charge in [0.2, 0.25) is 0 Å². The molecule has 13 heteroatoms. The quantitative estimate of drug-likeness (QED) is 0.487. The smallest absolute Gasteiger partial charge is 0.337 e. The Morgan fingerprint density at radius 3 is 2.69 bits per heavy atom. The van der Waals surface area contributed by atoms with Crippen molar-refractivity contribution in [2.24, 2.45) is 0 Å². The van der Waals surface area contributed by atoms with Crippen molar-refractivity contribution in [3.63, 3.8) is 0 Å². The van der Waals surface area contributed by atoms with Gasteiger partial charge in [0.1, 0.15) is 24.1 Å². The van der Waals surface area contributed by atoms with Crippen molar-refractivity contribution in [3.8, 4) is 0 Å². The van der Waals surface area contributed by atoms with Crippen LogP contribution in [0.5, 0.6) is 0 Å². The highest BCUT2D eigenvalue weighted by atomic mass is 32.2. The Hall–Kier alpha value is -1.74. The zero-order valence-corrected chi connectivity index (χ0v) is 14.8. The van der Waals surface area contributed by atoms with E-state index in [1.54, 1.807) is 7.11 Å². The van der Waals surface area contributed by atoms with E-state index in [2.05, 4.69) is 15.0 Å². The molecule has 2 aromatic rings. The maximum atomic E-state index is 11.3. The Morgan fingerprint density at radius 2 is 2.04 bits per heavy atom. The van der Waals surface area contributed by atoms with Crippen LogP contribution in [0.15, 0.2) is 12.7 Å². The molecule has 0 aliphatic carbocycles. The highest BCUT2D eigenvalue weighted by Crippen LogP contribution is 2.33. The molecule has 0 amide bonds. The van der Waals surface area contributed by atoms with Gasteiger partial charge in [-0.1, -0.05) is 0 Å². The Labute approximate surface area is 148 Å². The van der Waals surface area contributed by atoms with Gasteiger partial charge in [-0.15, -0.1) is 0 Å². The molecule has 1 fully saturated rings. The van der Waals surface area contributed by atoms with E-state index in [0.717, 1.165) is 7.05 Å². The third kappa shape index (κ3) is 3.29. The maximum Gasteiger partial charge on any atom is 0.337 e. The molecule has 1 aliphatic heterocycles. The summed E-state index contributed by atoms with van der Waals surface area (Å²) in [6.07, 6.45) is -2.51. The summed E-state index contributed by atoms with van der Waals surface area (Å²) in [5, 5.41) is 20.4. The molecule has 0 aromatic carbocycles. The van der Waals surface area contributed by atoms with Crippen molar-refractivity contribution in [2.75, 3.05) is 20.8 Å². The van der Waals surface area contributed by atoms with Crippen LogP contribution < -0.4 is 0 Å². The lowest BCUT2D eigenvalue weighted by Crippen LogP contribution is -2.44. The zero-order valence-electron chi connectivity index (χ0n) is 14.0. The first-order valence-electron chi connectivity index (χ1n) is 7.63. The fourth-order valence-corrected chi connectivity index (χ4v) is 3.21. The molecule has 12 nitrogen and oxygen atoms in total. The summed E-state index contributed by atoms with van der Waals surface area (Å²) in [7, 11) is -2.04. The van der Waals surface area contributed by atoms with Crippen LogP contribution in [-0.4, -0.2) is 86.2 Å². The van der Waals surface area contributed by atoms with E-state index in [-0.39, 0.29) is 0 Å². The first-order chi connectivity index (χ1) is 12.3. The Kier molecular flexibility index (Phi) is 5.21. The summed E-state index contributed by atoms with van der Waals surface area (Å²) in [6, 6.07) is 0. The molecule has 3 heterocycles. The number of aromatic nitrogens is 4. The predicted molar refractivity (Wildman–Crippen MR) is 86.1 cm³/mol. The average molecular weight is 389 g/mol. The standard InChI is InChI=1S/C13H19N5O7S/c1-17(26(21,22)23)12-9(19)10(20)13(25-12)18-6-16-8-7(3-4-24-2)14-5-15-11(8)18/h5-6,9-10,12-13,19-20H,3-4H2,1-2H3,(H,21,22,23)/t9-,10+,12+,13+/m0/s1. The Morgan fingerprint density at radius 1 is 1.31 bits per heavy atom. The minimum atomic E-state index is -4.62. The van der Waals surface area contributed by atoms with Crippen LogP contribution in [0, 0.1) is 0 Å². The molecule has 1 saturated heterocycles. The number of rotatable bonds is 6. The third-order valence-electron chi connectivity index (χ3n) is 4.19. The minimum Gasteiger partial charge on any atom is -0.386 e. The molecule has 0 radical (unpaired) electrons. The van der Waals surface area contributed by atoms with Crippen LogP contribution in [0.4, 0.5) is 0 Å². The summed E-state index contributed by atoms with van der Waals surface area (Å²) < 4.78 is 44.0. The van der Waals surface area contributed by atoms with E-state index < -0.39 is 35.0 Å². The molecule has 1 aliphatic rings. The number of hydrogen-bond acceptors (Lipinski definition) is 9. The van der Waals surface area contributed by atoms with E-state index in [4.69, 9.17) is 14.0 Å². The summed E-state index contributed by atoms with van der Waals surface area (Å²) >= 11 is 0. The summed E-state index contributed by atoms with van der Waals surface area (Å²) in [4.78, 5) is 12.5. The van der Waals surface area contributed by atoms with Crippen LogP contribution in [0.3, 0.4) is 0 Å². The number of aliphatic hydroxyl groups is 2. The van der Waals surface area contributed by atoms with Crippen LogP contribution in [0.25, 0.3) is 11.2 Å². The van der Waals surface area contributed by atoms with Gasteiger partial charge in [0, 0.05) is 20.6 Å². The topological polar surface area (TPSA) is 160 Å². The van der Waals surface area contributed by atoms with Crippen LogP contribution >= 0.6 is 0 Å². The second-order valence-corrected chi connectivity index (χ2v) is 7.25. The van der Waals surface area contributed by atoms with Crippen LogP contribution in [-0.2, 0) is 26.2 Å². The van der Waals surface area contributed by atoms with Crippen molar-refractivity contribution < 1.29 is 32.7 Å². The number of likely N-dealkylation sites (N-methyl/N-ethyl adjacent to an activating group) is 1. The molecule has 26 heavy (non-hydrogen) atoms. The molecular weight excluding hydrogens is 370 g/mol. The fraction of sp³-hybridized carbons (Fsp3) is 0.615. The number of fused-ring (bicyclic) bond motifs is 1. The highest BCUT2D eigenvalue weighted by Gasteiger charge is 2.48. The van der Waals surface area contributed by atoms with E-state index in [1.807, 2.05) is 0 Å². The molecule has 4 atom stereocenters. The van der Waals surface area contributed by atoms with E-state index >= 15 is 0 Å². The Bertz CT molecular complexity index is 888. The lowest BCUT2D eigenvalue weighted by molar-refractivity contribution is -0.0723. The van der Waals surface area contributed by atoms with E-state index in [0.29, 0.717) is 34.2 Å². The summed E-state index contributed by atoms with van der Waals surface area (Å²) in [5.41, 5.74) is 1.45. The van der Waals surface area contributed by atoms with Crippen molar-refractivity contribution in [2.45, 2.75) is 31.1 Å². The second kappa shape index (κ2) is 7.11. The molecule has 0 bridgehead atoms. The van der Waals surface area contributed by atoms with Crippen molar-refractivity contribution >= 4 is 21.5 Å². The normalized spacial score (nSPS) is 26.8. The zero-order chi connectivity index (χ0) is 19.1. The molecule has 144 valence electrons. The first kappa shape index (κ1) is 19.0. The minimum absolute atomic E-state index is 0.345. The predicted octanol–water partition coefficient (Wildman–Crippen LogP) is -1.67. The van der Waals surface area contributed by atoms with E-state index in [1.165, 1.54) is 17.2 Å². The molecule has 0 saturated carbocycles. The van der Waals surface area contributed by atoms with Gasteiger partial charge in [0.15, 0.2) is 18.1 Å². The van der Waals surface area contributed by atoms with Gasteiger partial charge in [-0.3, -0.25) is 9.12 Å². The SMILES string of the molecule is COCCc1ncnc2c1ncn2[C@@H]1O[C@@H](N(C)S(=O)(=O)O)[C@@H](O)[C@H]1O. The van der Waals surface area contributed by atoms with Gasteiger partial charge in [-0.25, -0.2) is 15.0 Å². The largest absolute Gasteiger partial charge is 0.386 e. The van der Waals surface area contributed by atoms with Gasteiger partial charge in [0.25, 0.3) is 0 Å². The lowest BCUT2D eigenvalue weighted by Gasteiger charge is -2.22. The number of ether oxygens (including phenoxy) is 2. The number of imidazole rings is 1. The number of aliphatic hydroxyl groups excluding tert-OH is 2. The molecule has 3 N–H and O–H groups in total. The molecular formula is C13H19N5O7S. The average Bonchev–Trinajstić information content (AvgIpc) is 3.14. The maximum absolute atomic E-state index is 11.3. The van der Waals surface area contributed by atoms with Gasteiger partial charge >= 0.3 is 10.3 Å². The van der Waals surface area contributed by atoms with Gasteiger partial charge in [-0.05, 0) is 0 Å². The summed E-state index contributed by atoms with van der Waals surface area (Å²) in [6.45, 7) is 0.432. The molecule has 2 aromatic heterocycles. The number of nitrogens with zero attached hydrogens (tertiary/aromatic N) is 5. The monoisotopic (exact) mass is 389 g/mol. The highest BCUT2D eigenvalue weighted by molar-refractivity contribution is 7.83. The van der Waals surface area contributed by atoms with Gasteiger partial charge in [-0.2, -0.15) is 12.7 Å². The molecule has 0 spiro atoms. The van der Waals surface area contributed by atoms with Crippen molar-refractivity contribution in [1.82, 2.24) is 23.8 Å². The first-order valence-corrected chi connectivity index (χ1v) is 9.02. The number of hydrogen-bond donors (Lipinski definition) is 3. The van der Waals surface area contributed by atoms with E-state index in [9.17, 15) is 18.6 Å². The van der Waals surface area contributed by atoms with Crippen LogP contribution in [0.2, 0.25) is 0 Å². The van der Waals surface area contributed by atoms with Gasteiger partial charge < -0.3 is 19.7 Å². The van der Waals surface area contributed by atoms with Crippen LogP contribution in [0.1, 0.15) is 11.9 Å². The van der Waals surface area contributed by atoms with Gasteiger partial charge in [0.05, 0.1) is 18.6 Å². The summed E-state index contributed by atoms with van der Waals surface area (Å²) in [5.74, 6) is 0. The Balaban J connectivity index is 1.94. The lowest BCUT2D eigenvalue weighted by atomic mass is 10.2. The van der Waals surface area contributed by atoms with Crippen molar-refractivity contribution in [3.05, 3.63) is 18.3 Å². The fourth-order valence-electron chi connectivity index (χ4n) is 2.77. The number of methoxy groups -OCH3 is 1. The molecule has 3 rings (SSSR count). The third-order valence-corrected chi connectivity index (χ3v) is 5.12.